The van der Waals surface area contributed by atoms with Gasteiger partial charge in [-0.05, 0) is 25.1 Å². The SMILES string of the molecule is CCOC(=O)C1N=c2cc(Br)ccc2=NC1=O. The van der Waals surface area contributed by atoms with Crippen molar-refractivity contribution in [3.63, 3.8) is 0 Å². The molecule has 1 amide bonds. The molecule has 17 heavy (non-hydrogen) atoms. The Hall–Kier alpha value is -1.56. The van der Waals surface area contributed by atoms with E-state index in [2.05, 4.69) is 25.9 Å². The zero-order valence-corrected chi connectivity index (χ0v) is 10.6. The maximum Gasteiger partial charge on any atom is 0.340 e. The molecule has 1 heterocycles. The number of nitrogens with zero attached hydrogens (tertiary/aromatic N) is 2. The first-order valence-electron chi connectivity index (χ1n) is 5.04. The van der Waals surface area contributed by atoms with Crippen LogP contribution >= 0.6 is 15.9 Å². The fraction of sp³-hybridized carbons (Fsp3) is 0.273. The van der Waals surface area contributed by atoms with Gasteiger partial charge in [-0.3, -0.25) is 9.79 Å². The van der Waals surface area contributed by atoms with Crippen LogP contribution in [-0.4, -0.2) is 24.5 Å². The first-order chi connectivity index (χ1) is 8.11. The molecule has 0 radical (unpaired) electrons. The van der Waals surface area contributed by atoms with Gasteiger partial charge in [0.1, 0.15) is 0 Å². The van der Waals surface area contributed by atoms with E-state index in [0.29, 0.717) is 10.7 Å². The van der Waals surface area contributed by atoms with Crippen molar-refractivity contribution in [2.45, 2.75) is 13.0 Å². The van der Waals surface area contributed by atoms with E-state index in [9.17, 15) is 9.59 Å². The van der Waals surface area contributed by atoms with Crippen molar-refractivity contribution in [1.82, 2.24) is 0 Å². The first-order valence-corrected chi connectivity index (χ1v) is 5.83. The molecule has 1 unspecified atom stereocenters. The zero-order chi connectivity index (χ0) is 12.4. The average molecular weight is 297 g/mol. The second kappa shape index (κ2) is 4.75. The van der Waals surface area contributed by atoms with Gasteiger partial charge in [-0.15, -0.1) is 0 Å². The number of ether oxygens (including phenoxy) is 1. The molecule has 0 saturated heterocycles. The molecule has 0 saturated carbocycles. The predicted octanol–water partition coefficient (Wildman–Crippen LogP) is 0.160. The number of fused-ring (bicyclic) bond motifs is 1. The summed E-state index contributed by atoms with van der Waals surface area (Å²) in [6.45, 7) is 1.89. The van der Waals surface area contributed by atoms with Crippen molar-refractivity contribution in [3.8, 4) is 0 Å². The summed E-state index contributed by atoms with van der Waals surface area (Å²) in [4.78, 5) is 31.0. The molecule has 1 aromatic carbocycles. The van der Waals surface area contributed by atoms with Gasteiger partial charge in [-0.1, -0.05) is 15.9 Å². The third-order valence-corrected chi connectivity index (χ3v) is 2.67. The Labute approximate surface area is 105 Å². The Kier molecular flexibility index (Phi) is 3.33. The van der Waals surface area contributed by atoms with Gasteiger partial charge < -0.3 is 4.74 Å². The van der Waals surface area contributed by atoms with Crippen molar-refractivity contribution >= 4 is 27.8 Å². The summed E-state index contributed by atoms with van der Waals surface area (Å²) in [5.41, 5.74) is 0. The van der Waals surface area contributed by atoms with Gasteiger partial charge in [0.25, 0.3) is 5.91 Å². The Balaban J connectivity index is 2.48. The average Bonchev–Trinajstić information content (AvgIpc) is 2.29. The Morgan fingerprint density at radius 2 is 2.24 bits per heavy atom. The summed E-state index contributed by atoms with van der Waals surface area (Å²) in [6.07, 6.45) is 0. The standard InChI is InChI=1S/C11H9BrN2O3/c1-2-17-11(16)9-10(15)14-7-4-3-6(12)5-8(7)13-9/h3-5,9H,2H2,1H3. The normalized spacial score (nSPS) is 17.8. The number of benzene rings is 1. The summed E-state index contributed by atoms with van der Waals surface area (Å²) in [5, 5.41) is 0.982. The molecule has 0 fully saturated rings. The number of carbonyl (C=O) groups is 2. The van der Waals surface area contributed by atoms with E-state index >= 15 is 0 Å². The van der Waals surface area contributed by atoms with Crippen molar-refractivity contribution in [1.29, 1.82) is 0 Å². The lowest BCUT2D eigenvalue weighted by Crippen LogP contribution is -2.41. The van der Waals surface area contributed by atoms with E-state index in [1.165, 1.54) is 0 Å². The quantitative estimate of drug-likeness (QED) is 0.577. The summed E-state index contributed by atoms with van der Waals surface area (Å²) in [6, 6.07) is 3.96. The van der Waals surface area contributed by atoms with Crippen LogP contribution in [0.5, 0.6) is 0 Å². The monoisotopic (exact) mass is 296 g/mol. The van der Waals surface area contributed by atoms with Crippen LogP contribution in [-0.2, 0) is 14.3 Å². The fourth-order valence-electron chi connectivity index (χ4n) is 1.44. The van der Waals surface area contributed by atoms with E-state index < -0.39 is 17.9 Å². The highest BCUT2D eigenvalue weighted by atomic mass is 79.9. The summed E-state index contributed by atoms with van der Waals surface area (Å²) in [5.74, 6) is -1.25. The van der Waals surface area contributed by atoms with E-state index in [1.807, 2.05) is 0 Å². The molecule has 5 nitrogen and oxygen atoms in total. The second-order valence-corrected chi connectivity index (χ2v) is 4.28. The van der Waals surface area contributed by atoms with Gasteiger partial charge in [-0.25, -0.2) is 9.79 Å². The lowest BCUT2D eigenvalue weighted by molar-refractivity contribution is -0.147. The van der Waals surface area contributed by atoms with E-state index in [-0.39, 0.29) is 6.61 Å². The first kappa shape index (κ1) is 11.9. The number of rotatable bonds is 2. The molecule has 6 heteroatoms. The summed E-state index contributed by atoms with van der Waals surface area (Å²) < 4.78 is 5.58. The molecule has 1 aromatic rings. The number of hydrogen-bond donors (Lipinski definition) is 0. The minimum absolute atomic E-state index is 0.212. The minimum Gasteiger partial charge on any atom is -0.464 e. The number of hydrogen-bond acceptors (Lipinski definition) is 4. The van der Waals surface area contributed by atoms with Gasteiger partial charge in [-0.2, -0.15) is 0 Å². The van der Waals surface area contributed by atoms with Gasteiger partial charge in [0.15, 0.2) is 0 Å². The number of amides is 1. The van der Waals surface area contributed by atoms with Crippen molar-refractivity contribution in [3.05, 3.63) is 33.4 Å². The minimum atomic E-state index is -1.17. The van der Waals surface area contributed by atoms with Crippen LogP contribution < -0.4 is 10.7 Å². The van der Waals surface area contributed by atoms with E-state index in [1.54, 1.807) is 25.1 Å². The van der Waals surface area contributed by atoms with Gasteiger partial charge in [0.2, 0.25) is 6.04 Å². The molecular weight excluding hydrogens is 288 g/mol. The predicted molar refractivity (Wildman–Crippen MR) is 61.9 cm³/mol. The van der Waals surface area contributed by atoms with Crippen molar-refractivity contribution in [2.24, 2.45) is 9.98 Å². The zero-order valence-electron chi connectivity index (χ0n) is 9.01. The van der Waals surface area contributed by atoms with Gasteiger partial charge in [0, 0.05) is 4.47 Å². The summed E-state index contributed by atoms with van der Waals surface area (Å²) in [7, 11) is 0. The highest BCUT2D eigenvalue weighted by molar-refractivity contribution is 9.10. The maximum atomic E-state index is 11.6. The highest BCUT2D eigenvalue weighted by Gasteiger charge is 2.28. The van der Waals surface area contributed by atoms with E-state index in [4.69, 9.17) is 4.74 Å². The van der Waals surface area contributed by atoms with Crippen molar-refractivity contribution < 1.29 is 14.3 Å². The molecular formula is C11H9BrN2O3. The van der Waals surface area contributed by atoms with Crippen LogP contribution in [0.25, 0.3) is 0 Å². The molecule has 0 N–H and O–H groups in total. The number of halogens is 1. The highest BCUT2D eigenvalue weighted by Crippen LogP contribution is 2.05. The smallest absolute Gasteiger partial charge is 0.340 e. The van der Waals surface area contributed by atoms with Crippen molar-refractivity contribution in [2.75, 3.05) is 6.61 Å². The van der Waals surface area contributed by atoms with Crippen LogP contribution in [0.2, 0.25) is 0 Å². The largest absolute Gasteiger partial charge is 0.464 e. The number of esters is 1. The van der Waals surface area contributed by atoms with Crippen LogP contribution in [0, 0.1) is 0 Å². The topological polar surface area (TPSA) is 68.1 Å². The maximum absolute atomic E-state index is 11.6. The number of carbonyl (C=O) groups excluding carboxylic acids is 2. The third-order valence-electron chi connectivity index (χ3n) is 2.18. The molecule has 88 valence electrons. The molecule has 0 aromatic heterocycles. The van der Waals surface area contributed by atoms with Crippen LogP contribution in [0.3, 0.4) is 0 Å². The van der Waals surface area contributed by atoms with Crippen LogP contribution in [0.1, 0.15) is 6.92 Å². The molecule has 1 aliphatic rings. The third kappa shape index (κ3) is 2.41. The lowest BCUT2D eigenvalue weighted by atomic mass is 10.2. The Morgan fingerprint density at radius 3 is 2.94 bits per heavy atom. The molecule has 0 aliphatic carbocycles. The van der Waals surface area contributed by atoms with Gasteiger partial charge in [0.05, 0.1) is 17.3 Å². The molecule has 1 atom stereocenters. The summed E-state index contributed by atoms with van der Waals surface area (Å²) >= 11 is 3.29. The Morgan fingerprint density at radius 1 is 1.47 bits per heavy atom. The Bertz CT molecular complexity index is 597. The van der Waals surface area contributed by atoms with Crippen LogP contribution in [0.4, 0.5) is 0 Å². The lowest BCUT2D eigenvalue weighted by Gasteiger charge is -2.10. The second-order valence-electron chi connectivity index (χ2n) is 3.37. The molecule has 2 rings (SSSR count). The fourth-order valence-corrected chi connectivity index (χ4v) is 1.79. The molecule has 1 aliphatic heterocycles. The van der Waals surface area contributed by atoms with E-state index in [0.717, 1.165) is 4.47 Å². The molecule has 0 bridgehead atoms. The molecule has 0 spiro atoms. The van der Waals surface area contributed by atoms with Crippen LogP contribution in [0.15, 0.2) is 32.7 Å². The van der Waals surface area contributed by atoms with Gasteiger partial charge >= 0.3 is 5.97 Å².